The minimum absolute atomic E-state index is 0. The van der Waals surface area contributed by atoms with E-state index in [4.69, 9.17) is 4.42 Å². The fourth-order valence-electron chi connectivity index (χ4n) is 2.25. The van der Waals surface area contributed by atoms with E-state index in [2.05, 4.69) is 5.32 Å². The normalized spacial score (nSPS) is 16.4. The molecular formula is C12H19ClN4O6S. The van der Waals surface area contributed by atoms with Crippen LogP contribution in [0, 0.1) is 10.1 Å². The van der Waals surface area contributed by atoms with E-state index in [1.165, 1.54) is 16.6 Å². The maximum Gasteiger partial charge on any atom is 0.433 e. The van der Waals surface area contributed by atoms with E-state index in [1.807, 2.05) is 4.90 Å². The molecule has 0 aliphatic carbocycles. The van der Waals surface area contributed by atoms with Crippen molar-refractivity contribution >= 4 is 34.2 Å². The van der Waals surface area contributed by atoms with Crippen molar-refractivity contribution in [3.8, 4) is 0 Å². The topological polar surface area (TPSA) is 126 Å². The first-order valence-electron chi connectivity index (χ1n) is 6.97. The molecule has 0 radical (unpaired) electrons. The van der Waals surface area contributed by atoms with Gasteiger partial charge in [-0.2, -0.15) is 4.31 Å². The average Bonchev–Trinajstić information content (AvgIpc) is 2.97. The van der Waals surface area contributed by atoms with Crippen molar-refractivity contribution in [3.63, 3.8) is 0 Å². The Balaban J connectivity index is 0.00000288. The summed E-state index contributed by atoms with van der Waals surface area (Å²) in [5.74, 6) is -1.11. The number of piperazine rings is 1. The van der Waals surface area contributed by atoms with Crippen LogP contribution in [0.25, 0.3) is 0 Å². The van der Waals surface area contributed by atoms with Crippen LogP contribution < -0.4 is 5.32 Å². The van der Waals surface area contributed by atoms with E-state index in [9.17, 15) is 23.3 Å². The van der Waals surface area contributed by atoms with Gasteiger partial charge in [0, 0.05) is 39.3 Å². The number of amides is 1. The molecule has 2 heterocycles. The van der Waals surface area contributed by atoms with Gasteiger partial charge >= 0.3 is 5.88 Å². The van der Waals surface area contributed by atoms with E-state index in [-0.39, 0.29) is 18.2 Å². The lowest BCUT2D eigenvalue weighted by atomic mass is 10.3. The first-order chi connectivity index (χ1) is 10.8. The van der Waals surface area contributed by atoms with Gasteiger partial charge in [0.25, 0.3) is 5.91 Å². The average molecular weight is 383 g/mol. The van der Waals surface area contributed by atoms with Crippen LogP contribution in [0.4, 0.5) is 5.88 Å². The summed E-state index contributed by atoms with van der Waals surface area (Å²) in [6.07, 6.45) is 1.19. The van der Waals surface area contributed by atoms with Crippen molar-refractivity contribution in [2.75, 3.05) is 45.5 Å². The fraction of sp³-hybridized carbons (Fsp3) is 0.583. The van der Waals surface area contributed by atoms with E-state index in [0.717, 1.165) is 6.07 Å². The second-order valence-electron chi connectivity index (χ2n) is 5.15. The summed E-state index contributed by atoms with van der Waals surface area (Å²) in [6.45, 7) is 2.94. The molecule has 1 aliphatic heterocycles. The number of nitrogens with zero attached hydrogens (tertiary/aromatic N) is 3. The zero-order chi connectivity index (χ0) is 17.0. The Kier molecular flexibility index (Phi) is 7.14. The van der Waals surface area contributed by atoms with Crippen LogP contribution in [0.3, 0.4) is 0 Å². The molecule has 0 aromatic carbocycles. The van der Waals surface area contributed by atoms with Crippen molar-refractivity contribution in [2.24, 2.45) is 0 Å². The predicted octanol–water partition coefficient (Wildman–Crippen LogP) is -0.0834. The summed E-state index contributed by atoms with van der Waals surface area (Å²) in [5, 5.41) is 13.1. The first-order valence-corrected chi connectivity index (χ1v) is 8.82. The van der Waals surface area contributed by atoms with Gasteiger partial charge in [0.1, 0.15) is 4.92 Å². The monoisotopic (exact) mass is 382 g/mol. The number of nitrogens with one attached hydrogen (secondary N) is 1. The molecule has 1 amide bonds. The van der Waals surface area contributed by atoms with Gasteiger partial charge in [-0.15, -0.1) is 12.4 Å². The Bertz CT molecular complexity index is 683. The van der Waals surface area contributed by atoms with Gasteiger partial charge in [-0.05, 0) is 6.07 Å². The number of hydrogen-bond acceptors (Lipinski definition) is 7. The SMILES string of the molecule is CS(=O)(=O)N1CCN(CCNC(=O)c2ccc([N+](=O)[O-])o2)CC1.Cl. The molecule has 1 aliphatic rings. The largest absolute Gasteiger partial charge is 0.433 e. The Morgan fingerprint density at radius 2 is 1.96 bits per heavy atom. The number of nitro groups is 1. The molecule has 0 unspecified atom stereocenters. The highest BCUT2D eigenvalue weighted by Gasteiger charge is 2.23. The summed E-state index contributed by atoms with van der Waals surface area (Å²) in [6, 6.07) is 2.37. The number of halogens is 1. The zero-order valence-corrected chi connectivity index (χ0v) is 14.6. The Morgan fingerprint density at radius 1 is 1.33 bits per heavy atom. The molecule has 1 saturated heterocycles. The quantitative estimate of drug-likeness (QED) is 0.538. The lowest BCUT2D eigenvalue weighted by molar-refractivity contribution is -0.402. The molecule has 1 aromatic rings. The highest BCUT2D eigenvalue weighted by Crippen LogP contribution is 2.15. The highest BCUT2D eigenvalue weighted by atomic mass is 35.5. The van der Waals surface area contributed by atoms with E-state index < -0.39 is 26.7 Å². The number of carbonyl (C=O) groups is 1. The molecule has 24 heavy (non-hydrogen) atoms. The predicted molar refractivity (Wildman–Crippen MR) is 87.8 cm³/mol. The van der Waals surface area contributed by atoms with Crippen LogP contribution in [-0.2, 0) is 10.0 Å². The van der Waals surface area contributed by atoms with E-state index in [1.54, 1.807) is 0 Å². The molecular weight excluding hydrogens is 364 g/mol. The first kappa shape index (κ1) is 20.4. The number of hydrogen-bond donors (Lipinski definition) is 1. The fourth-order valence-corrected chi connectivity index (χ4v) is 3.07. The van der Waals surface area contributed by atoms with Crippen molar-refractivity contribution < 1.29 is 22.6 Å². The third-order valence-electron chi connectivity index (χ3n) is 3.51. The third-order valence-corrected chi connectivity index (χ3v) is 4.81. The Labute approximate surface area is 145 Å². The van der Waals surface area contributed by atoms with Crippen molar-refractivity contribution in [1.82, 2.24) is 14.5 Å². The van der Waals surface area contributed by atoms with Gasteiger partial charge in [0.05, 0.1) is 12.3 Å². The maximum atomic E-state index is 11.8. The standard InChI is InChI=1S/C12H18N4O6S.ClH/c1-23(20,21)15-8-6-14(7-9-15)5-4-13-12(17)10-2-3-11(22-10)16(18)19;/h2-3H,4-9H2,1H3,(H,13,17);1H. The summed E-state index contributed by atoms with van der Waals surface area (Å²) < 4.78 is 29.0. The number of furan rings is 1. The molecule has 0 spiro atoms. The van der Waals surface area contributed by atoms with Gasteiger partial charge in [-0.3, -0.25) is 19.8 Å². The second kappa shape index (κ2) is 8.42. The summed E-state index contributed by atoms with van der Waals surface area (Å²) in [5.41, 5.74) is 0. The van der Waals surface area contributed by atoms with Crippen LogP contribution >= 0.6 is 12.4 Å². The number of carbonyl (C=O) groups excluding carboxylic acids is 1. The Morgan fingerprint density at radius 3 is 2.46 bits per heavy atom. The smallest absolute Gasteiger partial charge is 0.395 e. The van der Waals surface area contributed by atoms with Crippen LogP contribution in [-0.4, -0.2) is 74.0 Å². The van der Waals surface area contributed by atoms with Gasteiger partial charge in [0.2, 0.25) is 10.0 Å². The van der Waals surface area contributed by atoms with Gasteiger partial charge < -0.3 is 9.73 Å². The molecule has 1 aromatic heterocycles. The lowest BCUT2D eigenvalue weighted by Crippen LogP contribution is -2.49. The van der Waals surface area contributed by atoms with E-state index in [0.29, 0.717) is 39.3 Å². The number of rotatable bonds is 6. The summed E-state index contributed by atoms with van der Waals surface area (Å²) in [7, 11) is -3.15. The minimum Gasteiger partial charge on any atom is -0.395 e. The van der Waals surface area contributed by atoms with Crippen molar-refractivity contribution in [2.45, 2.75) is 0 Å². The van der Waals surface area contributed by atoms with Crippen LogP contribution in [0.1, 0.15) is 10.6 Å². The minimum atomic E-state index is -3.15. The highest BCUT2D eigenvalue weighted by molar-refractivity contribution is 7.88. The maximum absolute atomic E-state index is 11.8. The third kappa shape index (κ3) is 5.44. The van der Waals surface area contributed by atoms with Gasteiger partial charge in [-0.25, -0.2) is 8.42 Å². The molecule has 12 heteroatoms. The summed E-state index contributed by atoms with van der Waals surface area (Å²) in [4.78, 5) is 23.6. The second-order valence-corrected chi connectivity index (χ2v) is 7.14. The molecule has 1 fully saturated rings. The molecule has 0 saturated carbocycles. The summed E-state index contributed by atoms with van der Waals surface area (Å²) >= 11 is 0. The van der Waals surface area contributed by atoms with Crippen molar-refractivity contribution in [1.29, 1.82) is 0 Å². The number of sulfonamides is 1. The Hall–Kier alpha value is -1.69. The van der Waals surface area contributed by atoms with Gasteiger partial charge in [-0.1, -0.05) is 0 Å². The van der Waals surface area contributed by atoms with Crippen LogP contribution in [0.2, 0.25) is 0 Å². The van der Waals surface area contributed by atoms with Gasteiger partial charge in [0.15, 0.2) is 5.76 Å². The van der Waals surface area contributed by atoms with Crippen molar-refractivity contribution in [3.05, 3.63) is 28.0 Å². The molecule has 2 rings (SSSR count). The molecule has 10 nitrogen and oxygen atoms in total. The van der Waals surface area contributed by atoms with Crippen LogP contribution in [0.15, 0.2) is 16.5 Å². The zero-order valence-electron chi connectivity index (χ0n) is 13.0. The molecule has 0 atom stereocenters. The van der Waals surface area contributed by atoms with Crippen LogP contribution in [0.5, 0.6) is 0 Å². The lowest BCUT2D eigenvalue weighted by Gasteiger charge is -2.33. The molecule has 136 valence electrons. The molecule has 0 bridgehead atoms. The molecule has 1 N–H and O–H groups in total. The van der Waals surface area contributed by atoms with E-state index >= 15 is 0 Å².